The molecule has 1 aliphatic heterocycles. The number of pyridine rings is 1. The van der Waals surface area contributed by atoms with E-state index in [2.05, 4.69) is 11.2 Å². The number of sulfonamides is 1. The molecule has 3 heterocycles. The van der Waals surface area contributed by atoms with Crippen LogP contribution in [0.5, 0.6) is 0 Å². The Hall–Kier alpha value is -3.74. The van der Waals surface area contributed by atoms with Crippen molar-refractivity contribution in [3.8, 4) is 6.07 Å². The summed E-state index contributed by atoms with van der Waals surface area (Å²) in [5, 5.41) is 13.4. The predicted octanol–water partition coefficient (Wildman–Crippen LogP) is 2.16. The van der Waals surface area contributed by atoms with E-state index in [4.69, 9.17) is 5.26 Å². The van der Waals surface area contributed by atoms with Gasteiger partial charge >= 0.3 is 5.69 Å². The van der Waals surface area contributed by atoms with Gasteiger partial charge in [-0.2, -0.15) is 9.57 Å². The molecule has 4 aromatic rings. The van der Waals surface area contributed by atoms with Crippen molar-refractivity contribution < 1.29 is 8.42 Å². The summed E-state index contributed by atoms with van der Waals surface area (Å²) in [6.45, 7) is 0.877. The second-order valence-electron chi connectivity index (χ2n) is 7.70. The van der Waals surface area contributed by atoms with Crippen molar-refractivity contribution in [2.75, 3.05) is 6.54 Å². The van der Waals surface area contributed by atoms with Gasteiger partial charge in [-0.15, -0.1) is 5.10 Å². The van der Waals surface area contributed by atoms with Gasteiger partial charge in [-0.25, -0.2) is 22.3 Å². The van der Waals surface area contributed by atoms with Gasteiger partial charge in [0.25, 0.3) is 0 Å². The Morgan fingerprint density at radius 2 is 1.84 bits per heavy atom. The number of nitrogens with zero attached hydrogens (tertiary/aromatic N) is 5. The summed E-state index contributed by atoms with van der Waals surface area (Å²) in [6, 6.07) is 19.8. The zero-order chi connectivity index (χ0) is 22.3. The Labute approximate surface area is 184 Å². The molecule has 32 heavy (non-hydrogen) atoms. The van der Waals surface area contributed by atoms with Gasteiger partial charge in [-0.3, -0.25) is 0 Å². The first kappa shape index (κ1) is 20.2. The van der Waals surface area contributed by atoms with Gasteiger partial charge in [-0.05, 0) is 47.4 Å². The number of nitriles is 1. The fourth-order valence-corrected chi connectivity index (χ4v) is 5.41. The van der Waals surface area contributed by atoms with Gasteiger partial charge in [0.15, 0.2) is 5.65 Å². The Balaban J connectivity index is 1.48. The number of hydrogen-bond acceptors (Lipinski definition) is 5. The minimum Gasteiger partial charge on any atom is -0.249 e. The topological polar surface area (TPSA) is 100 Å². The minimum absolute atomic E-state index is 0.0532. The fraction of sp³-hybridized carbons (Fsp3) is 0.174. The zero-order valence-corrected chi connectivity index (χ0v) is 17.9. The molecule has 0 unspecified atom stereocenters. The van der Waals surface area contributed by atoms with Gasteiger partial charge < -0.3 is 0 Å². The van der Waals surface area contributed by atoms with Crippen LogP contribution in [0.4, 0.5) is 0 Å². The summed E-state index contributed by atoms with van der Waals surface area (Å²) in [7, 11) is -3.77. The summed E-state index contributed by atoms with van der Waals surface area (Å²) in [4.78, 5) is 12.9. The average molecular weight is 446 g/mol. The maximum absolute atomic E-state index is 13.3. The van der Waals surface area contributed by atoms with Crippen LogP contribution in [0, 0.1) is 11.3 Å². The first-order chi connectivity index (χ1) is 15.5. The second-order valence-corrected chi connectivity index (χ2v) is 9.64. The first-order valence-electron chi connectivity index (χ1n) is 10.1. The highest BCUT2D eigenvalue weighted by atomic mass is 32.2. The zero-order valence-electron chi connectivity index (χ0n) is 17.0. The van der Waals surface area contributed by atoms with E-state index in [1.54, 1.807) is 24.3 Å². The molecule has 8 nitrogen and oxygen atoms in total. The molecule has 0 N–H and O–H groups in total. The average Bonchev–Trinajstić information content (AvgIpc) is 3.13. The second kappa shape index (κ2) is 7.75. The summed E-state index contributed by atoms with van der Waals surface area (Å²) < 4.78 is 30.5. The Kier molecular flexibility index (Phi) is 4.89. The van der Waals surface area contributed by atoms with E-state index in [0.29, 0.717) is 30.7 Å². The number of hydrogen-bond donors (Lipinski definition) is 0. The first-order valence-corrected chi connectivity index (χ1v) is 11.5. The van der Waals surface area contributed by atoms with E-state index in [0.717, 1.165) is 16.7 Å². The highest BCUT2D eigenvalue weighted by Gasteiger charge is 2.29. The molecule has 9 heteroatoms. The Morgan fingerprint density at radius 3 is 2.66 bits per heavy atom. The molecule has 0 fully saturated rings. The van der Waals surface area contributed by atoms with Crippen LogP contribution in [0.25, 0.3) is 5.65 Å². The lowest BCUT2D eigenvalue weighted by atomic mass is 10.0. The molecule has 2 aromatic carbocycles. The van der Waals surface area contributed by atoms with Crippen LogP contribution >= 0.6 is 0 Å². The molecule has 0 radical (unpaired) electrons. The molecule has 160 valence electrons. The van der Waals surface area contributed by atoms with Crippen LogP contribution in [0.15, 0.2) is 76.6 Å². The van der Waals surface area contributed by atoms with Crippen LogP contribution < -0.4 is 5.69 Å². The lowest BCUT2D eigenvalue weighted by molar-refractivity contribution is 0.391. The molecular formula is C23H19N5O3S. The van der Waals surface area contributed by atoms with Crippen molar-refractivity contribution in [3.63, 3.8) is 0 Å². The van der Waals surface area contributed by atoms with Gasteiger partial charge in [0, 0.05) is 19.3 Å². The van der Waals surface area contributed by atoms with Crippen molar-refractivity contribution in [1.82, 2.24) is 18.5 Å². The normalized spacial score (nSPS) is 14.2. The predicted molar refractivity (Wildman–Crippen MR) is 117 cm³/mol. The smallest absolute Gasteiger partial charge is 0.249 e. The molecule has 0 saturated carbocycles. The lowest BCUT2D eigenvalue weighted by Crippen LogP contribution is -2.36. The van der Waals surface area contributed by atoms with Crippen LogP contribution in [-0.2, 0) is 29.5 Å². The molecular weight excluding hydrogens is 426 g/mol. The summed E-state index contributed by atoms with van der Waals surface area (Å²) in [5.41, 5.74) is 3.32. The van der Waals surface area contributed by atoms with Crippen molar-refractivity contribution in [3.05, 3.63) is 99.6 Å². The monoisotopic (exact) mass is 445 g/mol. The molecule has 0 amide bonds. The number of aromatic nitrogens is 3. The number of benzene rings is 2. The maximum Gasteiger partial charge on any atom is 0.350 e. The van der Waals surface area contributed by atoms with Gasteiger partial charge in [0.05, 0.1) is 23.1 Å². The Morgan fingerprint density at radius 1 is 1.03 bits per heavy atom. The number of rotatable bonds is 4. The largest absolute Gasteiger partial charge is 0.350 e. The van der Waals surface area contributed by atoms with Crippen LogP contribution in [0.3, 0.4) is 0 Å². The molecule has 5 rings (SSSR count). The summed E-state index contributed by atoms with van der Waals surface area (Å²) >= 11 is 0. The molecule has 0 spiro atoms. The third-order valence-electron chi connectivity index (χ3n) is 5.67. The van der Waals surface area contributed by atoms with Crippen molar-refractivity contribution in [1.29, 1.82) is 5.26 Å². The molecule has 0 saturated heterocycles. The van der Waals surface area contributed by atoms with Gasteiger partial charge in [0.1, 0.15) is 0 Å². The van der Waals surface area contributed by atoms with Gasteiger partial charge in [-0.1, -0.05) is 36.4 Å². The highest BCUT2D eigenvalue weighted by Crippen LogP contribution is 2.24. The molecule has 2 aromatic heterocycles. The van der Waals surface area contributed by atoms with E-state index < -0.39 is 15.7 Å². The van der Waals surface area contributed by atoms with Crippen molar-refractivity contribution >= 4 is 15.7 Å². The molecule has 0 bridgehead atoms. The summed E-state index contributed by atoms with van der Waals surface area (Å²) in [6.07, 6.45) is 1.99. The SMILES string of the molecule is N#Cc1cccc(Cn2nc3ccc(S(=O)(=O)N4CCc5ccccc5C4)cn3c2=O)c1. The van der Waals surface area contributed by atoms with E-state index in [9.17, 15) is 13.2 Å². The van der Waals surface area contributed by atoms with E-state index in [1.165, 1.54) is 31.7 Å². The lowest BCUT2D eigenvalue weighted by Gasteiger charge is -2.28. The van der Waals surface area contributed by atoms with E-state index in [1.807, 2.05) is 24.3 Å². The number of fused-ring (bicyclic) bond motifs is 2. The Bertz CT molecular complexity index is 1550. The maximum atomic E-state index is 13.3. The third-order valence-corrected chi connectivity index (χ3v) is 7.50. The minimum atomic E-state index is -3.77. The van der Waals surface area contributed by atoms with Crippen LogP contribution in [0.1, 0.15) is 22.3 Å². The molecule has 0 aliphatic carbocycles. The fourth-order valence-electron chi connectivity index (χ4n) is 3.99. The quantitative estimate of drug-likeness (QED) is 0.479. The van der Waals surface area contributed by atoms with Crippen molar-refractivity contribution in [2.24, 2.45) is 0 Å². The highest BCUT2D eigenvalue weighted by molar-refractivity contribution is 7.89. The van der Waals surface area contributed by atoms with E-state index in [-0.39, 0.29) is 11.4 Å². The molecule has 1 aliphatic rings. The van der Waals surface area contributed by atoms with Crippen LogP contribution in [-0.4, -0.2) is 33.4 Å². The standard InChI is InChI=1S/C23H19N5O3S/c24-13-17-4-3-5-18(12-17)14-28-23(29)27-16-21(8-9-22(27)25-28)32(30,31)26-11-10-19-6-1-2-7-20(19)15-26/h1-9,12,16H,10-11,14-15H2. The molecule has 0 atom stereocenters. The van der Waals surface area contributed by atoms with E-state index >= 15 is 0 Å². The van der Waals surface area contributed by atoms with Gasteiger partial charge in [0.2, 0.25) is 10.0 Å². The summed E-state index contributed by atoms with van der Waals surface area (Å²) in [5.74, 6) is 0. The third kappa shape index (κ3) is 3.49. The van der Waals surface area contributed by atoms with Crippen LogP contribution in [0.2, 0.25) is 0 Å². The van der Waals surface area contributed by atoms with Crippen molar-refractivity contribution in [2.45, 2.75) is 24.4 Å².